The third-order valence-electron chi connectivity index (χ3n) is 9.66. The molecule has 1 aromatic heterocycles. The Bertz CT molecular complexity index is 1410. The van der Waals surface area contributed by atoms with Gasteiger partial charge in [-0.1, -0.05) is 6.07 Å². The van der Waals surface area contributed by atoms with E-state index < -0.39 is 11.2 Å². The van der Waals surface area contributed by atoms with Crippen LogP contribution in [-0.4, -0.2) is 92.6 Å². The van der Waals surface area contributed by atoms with Crippen LogP contribution in [0.3, 0.4) is 0 Å². The minimum absolute atomic E-state index is 0. The van der Waals surface area contributed by atoms with Gasteiger partial charge in [-0.3, -0.25) is 19.6 Å². The van der Waals surface area contributed by atoms with E-state index in [1.807, 2.05) is 6.07 Å². The minimum Gasteiger partial charge on any atom is -0.338 e. The molecule has 3 amide bonds. The number of carbonyl (C=O) groups excluding carboxylic acids is 2. The standard InChI is InChI=1S/C32H46N8O3.ClH/c1-32(2,34)29(41)37-13-15-38(16-14-37)30(42)35-28-11-12-39(31(43)36-28)25-8-5-23-18-26(9-6-22(23)17-25)40(20-21-3-4-21)27-10-7-24(33)19-27;/h5,8,11-12,17,21,24,26-27H,3-4,6-7,9-10,13-16,18-20,33-34H2,1-2H3,(H,35,36,42,43);1H/t24-,26?,27-;/m0./s1. The maximum Gasteiger partial charge on any atom is 0.354 e. The van der Waals surface area contributed by atoms with Crippen molar-refractivity contribution < 1.29 is 9.59 Å². The van der Waals surface area contributed by atoms with Crippen LogP contribution in [-0.2, 0) is 17.6 Å². The van der Waals surface area contributed by atoms with Gasteiger partial charge in [0.1, 0.15) is 5.82 Å². The lowest BCUT2D eigenvalue weighted by molar-refractivity contribution is -0.137. The van der Waals surface area contributed by atoms with E-state index >= 15 is 0 Å². The number of piperazine rings is 1. The first-order chi connectivity index (χ1) is 20.5. The van der Waals surface area contributed by atoms with Gasteiger partial charge in [-0.2, -0.15) is 4.98 Å². The lowest BCUT2D eigenvalue weighted by Crippen LogP contribution is -2.58. The molecular formula is C32H47ClN8O3. The summed E-state index contributed by atoms with van der Waals surface area (Å²) in [5.74, 6) is 0.929. The van der Waals surface area contributed by atoms with Crippen LogP contribution < -0.4 is 22.5 Å². The fourth-order valence-electron chi connectivity index (χ4n) is 7.02. The van der Waals surface area contributed by atoms with Crippen LogP contribution in [0.2, 0.25) is 0 Å². The monoisotopic (exact) mass is 626 g/mol. The summed E-state index contributed by atoms with van der Waals surface area (Å²) < 4.78 is 1.53. The second kappa shape index (κ2) is 13.2. The van der Waals surface area contributed by atoms with Gasteiger partial charge in [0, 0.05) is 57.0 Å². The molecular weight excluding hydrogens is 580 g/mol. The summed E-state index contributed by atoms with van der Waals surface area (Å²) in [5.41, 5.74) is 14.3. The zero-order valence-corrected chi connectivity index (χ0v) is 26.7. The maximum atomic E-state index is 13.0. The van der Waals surface area contributed by atoms with Crippen LogP contribution in [0.1, 0.15) is 63.5 Å². The molecule has 1 aromatic carbocycles. The van der Waals surface area contributed by atoms with Crippen LogP contribution in [0.4, 0.5) is 10.6 Å². The number of urea groups is 1. The summed E-state index contributed by atoms with van der Waals surface area (Å²) in [6.45, 7) is 6.16. The quantitative estimate of drug-likeness (QED) is 0.429. The number of hydrogen-bond donors (Lipinski definition) is 3. The van der Waals surface area contributed by atoms with E-state index in [0.29, 0.717) is 44.3 Å². The van der Waals surface area contributed by atoms with Gasteiger partial charge in [-0.25, -0.2) is 9.59 Å². The van der Waals surface area contributed by atoms with E-state index in [1.54, 1.807) is 35.9 Å². The molecule has 44 heavy (non-hydrogen) atoms. The molecule has 0 bridgehead atoms. The van der Waals surface area contributed by atoms with Crippen LogP contribution in [0.15, 0.2) is 35.3 Å². The predicted molar refractivity (Wildman–Crippen MR) is 173 cm³/mol. The highest BCUT2D eigenvalue weighted by atomic mass is 35.5. The van der Waals surface area contributed by atoms with Crippen molar-refractivity contribution in [2.75, 3.05) is 38.0 Å². The number of nitrogens with one attached hydrogen (secondary N) is 1. The van der Waals surface area contributed by atoms with Gasteiger partial charge >= 0.3 is 11.7 Å². The molecule has 0 spiro atoms. The molecule has 2 saturated carbocycles. The van der Waals surface area contributed by atoms with Crippen molar-refractivity contribution in [1.29, 1.82) is 0 Å². The number of fused-ring (bicyclic) bond motifs is 1. The fourth-order valence-corrected chi connectivity index (χ4v) is 7.02. The van der Waals surface area contributed by atoms with E-state index in [-0.39, 0.29) is 30.2 Å². The van der Waals surface area contributed by atoms with Gasteiger partial charge < -0.3 is 21.3 Å². The van der Waals surface area contributed by atoms with Crippen LogP contribution in [0, 0.1) is 5.92 Å². The van der Waals surface area contributed by atoms with Crippen molar-refractivity contribution in [1.82, 2.24) is 24.3 Å². The SMILES string of the molecule is CC(C)(N)C(=O)N1CCN(C(=O)Nc2ccn(-c3ccc4c(c3)CCC(N(CC3CC3)[C@H]3CC[C@H](N)C3)C4)c(=O)n2)CC1.Cl. The van der Waals surface area contributed by atoms with E-state index in [4.69, 9.17) is 11.5 Å². The highest BCUT2D eigenvalue weighted by molar-refractivity contribution is 5.89. The average molecular weight is 627 g/mol. The first-order valence-electron chi connectivity index (χ1n) is 15.9. The Balaban J connectivity index is 0.00000384. The lowest BCUT2D eigenvalue weighted by atomic mass is 9.86. The number of rotatable bonds is 7. The first kappa shape index (κ1) is 32.4. The Kier molecular flexibility index (Phi) is 9.69. The number of amides is 3. The van der Waals surface area contributed by atoms with Crippen LogP contribution in [0.5, 0.6) is 0 Å². The molecule has 1 unspecified atom stereocenters. The van der Waals surface area contributed by atoms with Crippen LogP contribution >= 0.6 is 12.4 Å². The minimum atomic E-state index is -0.945. The number of carbonyl (C=O) groups is 2. The summed E-state index contributed by atoms with van der Waals surface area (Å²) in [7, 11) is 0. The maximum absolute atomic E-state index is 13.0. The van der Waals surface area contributed by atoms with E-state index in [9.17, 15) is 14.4 Å². The first-order valence-corrected chi connectivity index (χ1v) is 15.9. The van der Waals surface area contributed by atoms with Crippen molar-refractivity contribution in [2.24, 2.45) is 17.4 Å². The molecule has 0 radical (unpaired) electrons. The number of aryl methyl sites for hydroxylation is 1. The smallest absolute Gasteiger partial charge is 0.338 e. The molecule has 240 valence electrons. The highest BCUT2D eigenvalue weighted by Crippen LogP contribution is 2.37. The molecule has 5 N–H and O–H groups in total. The topological polar surface area (TPSA) is 143 Å². The molecule has 1 saturated heterocycles. The molecule has 6 rings (SSSR count). The summed E-state index contributed by atoms with van der Waals surface area (Å²) in [5, 5.41) is 2.74. The number of nitrogens with zero attached hydrogens (tertiary/aromatic N) is 5. The number of halogens is 1. The molecule has 3 aliphatic carbocycles. The number of nitrogens with two attached hydrogens (primary N) is 2. The van der Waals surface area contributed by atoms with Crippen molar-refractivity contribution in [3.05, 3.63) is 52.1 Å². The summed E-state index contributed by atoms with van der Waals surface area (Å²) in [6.07, 6.45) is 11.0. The summed E-state index contributed by atoms with van der Waals surface area (Å²) in [4.78, 5) is 48.5. The van der Waals surface area contributed by atoms with Crippen molar-refractivity contribution in [3.63, 3.8) is 0 Å². The molecule has 11 nitrogen and oxygen atoms in total. The summed E-state index contributed by atoms with van der Waals surface area (Å²) in [6, 6.07) is 9.10. The van der Waals surface area contributed by atoms with E-state index in [0.717, 1.165) is 43.7 Å². The number of hydrogen-bond acceptors (Lipinski definition) is 7. The zero-order valence-electron chi connectivity index (χ0n) is 25.9. The van der Waals surface area contributed by atoms with Gasteiger partial charge in [0.05, 0.1) is 11.2 Å². The van der Waals surface area contributed by atoms with Gasteiger partial charge in [0.15, 0.2) is 0 Å². The number of aromatic nitrogens is 2. The second-order valence-electron chi connectivity index (χ2n) is 13.6. The predicted octanol–water partition coefficient (Wildman–Crippen LogP) is 2.52. The van der Waals surface area contributed by atoms with E-state index in [2.05, 4.69) is 27.3 Å². The van der Waals surface area contributed by atoms with Crippen molar-refractivity contribution >= 4 is 30.2 Å². The zero-order chi connectivity index (χ0) is 30.3. The van der Waals surface area contributed by atoms with Crippen LogP contribution in [0.25, 0.3) is 5.69 Å². The number of benzene rings is 1. The third kappa shape index (κ3) is 7.28. The van der Waals surface area contributed by atoms with Gasteiger partial charge in [0.2, 0.25) is 5.91 Å². The Labute approximate surface area is 265 Å². The summed E-state index contributed by atoms with van der Waals surface area (Å²) >= 11 is 0. The molecule has 2 aromatic rings. The molecule has 3 fully saturated rings. The third-order valence-corrected chi connectivity index (χ3v) is 9.66. The highest BCUT2D eigenvalue weighted by Gasteiger charge is 2.37. The Morgan fingerprint density at radius 1 is 1.00 bits per heavy atom. The van der Waals surface area contributed by atoms with Crippen molar-refractivity contribution in [3.8, 4) is 5.69 Å². The second-order valence-corrected chi connectivity index (χ2v) is 13.6. The Hall–Kier alpha value is -2.99. The molecule has 3 atom stereocenters. The Morgan fingerprint density at radius 2 is 1.73 bits per heavy atom. The van der Waals surface area contributed by atoms with Gasteiger partial charge in [0.25, 0.3) is 0 Å². The van der Waals surface area contributed by atoms with Gasteiger partial charge in [-0.05, 0) is 100 Å². The molecule has 12 heteroatoms. The Morgan fingerprint density at radius 3 is 2.36 bits per heavy atom. The van der Waals surface area contributed by atoms with Gasteiger partial charge in [-0.15, -0.1) is 12.4 Å². The van der Waals surface area contributed by atoms with Crippen molar-refractivity contribution in [2.45, 2.75) is 88.9 Å². The molecule has 4 aliphatic rings. The van der Waals surface area contributed by atoms with E-state index in [1.165, 1.54) is 41.5 Å². The number of anilines is 1. The largest absolute Gasteiger partial charge is 0.354 e. The lowest BCUT2D eigenvalue weighted by Gasteiger charge is -2.39. The molecule has 2 heterocycles. The molecule has 1 aliphatic heterocycles. The average Bonchev–Trinajstić information content (AvgIpc) is 3.71. The fraction of sp³-hybridized carbons (Fsp3) is 0.625. The normalized spacial score (nSPS) is 23.7.